The number of halogens is 1. The van der Waals surface area contributed by atoms with E-state index >= 15 is 0 Å². The van der Waals surface area contributed by atoms with Gasteiger partial charge in [-0.05, 0) is 76.9 Å². The van der Waals surface area contributed by atoms with Gasteiger partial charge in [-0.15, -0.1) is 0 Å². The largest absolute Gasteiger partial charge is 0.393 e. The Balaban J connectivity index is 1.58. The highest BCUT2D eigenvalue weighted by molar-refractivity contribution is 14.1. The van der Waals surface area contributed by atoms with E-state index in [0.29, 0.717) is 36.7 Å². The van der Waals surface area contributed by atoms with Crippen LogP contribution in [0, 0.1) is 23.2 Å². The van der Waals surface area contributed by atoms with E-state index in [9.17, 15) is 10.2 Å². The van der Waals surface area contributed by atoms with Crippen molar-refractivity contribution < 1.29 is 14.9 Å². The molecule has 150 valence electrons. The van der Waals surface area contributed by atoms with E-state index in [1.807, 2.05) is 0 Å². The molecule has 3 nitrogen and oxygen atoms in total. The van der Waals surface area contributed by atoms with Crippen molar-refractivity contribution in [2.75, 3.05) is 6.61 Å². The Morgan fingerprint density at radius 1 is 1.26 bits per heavy atom. The summed E-state index contributed by atoms with van der Waals surface area (Å²) in [5, 5.41) is 20.4. The molecule has 1 unspecified atom stereocenters. The van der Waals surface area contributed by atoms with Gasteiger partial charge in [-0.3, -0.25) is 0 Å². The maximum Gasteiger partial charge on any atom is 0.0979 e. The molecule has 0 aromatic rings. The molecule has 0 saturated heterocycles. The lowest BCUT2D eigenvalue weighted by molar-refractivity contribution is 0.0868. The van der Waals surface area contributed by atoms with Gasteiger partial charge < -0.3 is 14.9 Å². The van der Waals surface area contributed by atoms with Gasteiger partial charge in [-0.1, -0.05) is 54.2 Å². The topological polar surface area (TPSA) is 49.7 Å². The van der Waals surface area contributed by atoms with Gasteiger partial charge in [0, 0.05) is 6.42 Å². The van der Waals surface area contributed by atoms with Gasteiger partial charge in [0.2, 0.25) is 0 Å². The quantitative estimate of drug-likeness (QED) is 0.442. The Bertz CT molecular complexity index is 667. The molecule has 0 aromatic carbocycles. The Morgan fingerprint density at radius 3 is 2.85 bits per heavy atom. The summed E-state index contributed by atoms with van der Waals surface area (Å²) in [6.45, 7) is 5.43. The molecule has 2 saturated carbocycles. The maximum atomic E-state index is 10.3. The zero-order valence-corrected chi connectivity index (χ0v) is 18.7. The fourth-order valence-corrected chi connectivity index (χ4v) is 7.24. The third-order valence-electron chi connectivity index (χ3n) is 7.94. The minimum absolute atomic E-state index is 0.0346. The molecule has 0 spiro atoms. The van der Waals surface area contributed by atoms with Crippen molar-refractivity contribution in [2.45, 2.75) is 77.1 Å². The second kappa shape index (κ2) is 7.92. The van der Waals surface area contributed by atoms with Crippen LogP contribution in [0.2, 0.25) is 0 Å². The predicted molar refractivity (Wildman–Crippen MR) is 117 cm³/mol. The zero-order chi connectivity index (χ0) is 19.2. The lowest BCUT2D eigenvalue weighted by Gasteiger charge is -2.44. The van der Waals surface area contributed by atoms with E-state index in [1.54, 1.807) is 5.57 Å². The predicted octanol–water partition coefficient (Wildman–Crippen LogP) is 4.93. The van der Waals surface area contributed by atoms with Crippen molar-refractivity contribution >= 4 is 22.6 Å². The van der Waals surface area contributed by atoms with Crippen LogP contribution in [0.1, 0.15) is 58.8 Å². The smallest absolute Gasteiger partial charge is 0.0979 e. The van der Waals surface area contributed by atoms with Gasteiger partial charge in [-0.25, -0.2) is 0 Å². The molecular formula is C23H33IO3. The van der Waals surface area contributed by atoms with E-state index in [-0.39, 0.29) is 6.10 Å². The molecule has 4 heteroatoms. The molecule has 4 aliphatic rings. The Hall–Kier alpha value is -0.170. The first-order chi connectivity index (χ1) is 12.9. The second-order valence-corrected chi connectivity index (χ2v) is 10.1. The van der Waals surface area contributed by atoms with Gasteiger partial charge >= 0.3 is 0 Å². The SMILES string of the molecule is C[C@H](/C=C/I)[C@H]1CC[C@H]2/C(=C/C3OCC4=C3C[C@@H](O)C[C@@H]4O)CCC[C@]12C. The van der Waals surface area contributed by atoms with Crippen molar-refractivity contribution in [1.82, 2.24) is 0 Å². The molecule has 3 aliphatic carbocycles. The van der Waals surface area contributed by atoms with E-state index in [1.165, 1.54) is 32.1 Å². The standard InChI is InChI=1S/C23H33IO3/c1-14(7-9-24)19-5-6-20-15(4-3-8-23(19,20)2)10-22-17-11-16(25)12-21(26)18(17)13-27-22/h7,9-10,14,16,19-22,25-26H,3-6,8,11-13H2,1-2H3/b9-7+,15-10+/t14-,16-,19-,20+,21+,22?,23-/m1/s1. The Kier molecular flexibility index (Phi) is 5.90. The number of aliphatic hydroxyl groups is 2. The van der Waals surface area contributed by atoms with Crippen molar-refractivity contribution in [1.29, 1.82) is 0 Å². The maximum absolute atomic E-state index is 10.3. The van der Waals surface area contributed by atoms with Crippen LogP contribution in [0.4, 0.5) is 0 Å². The summed E-state index contributed by atoms with van der Waals surface area (Å²) in [6, 6.07) is 0. The number of fused-ring (bicyclic) bond motifs is 1. The average molecular weight is 484 g/mol. The molecule has 7 atom stereocenters. The van der Waals surface area contributed by atoms with Gasteiger partial charge in [0.1, 0.15) is 0 Å². The van der Waals surface area contributed by atoms with Gasteiger partial charge in [0.15, 0.2) is 0 Å². The van der Waals surface area contributed by atoms with Crippen LogP contribution in [0.5, 0.6) is 0 Å². The van der Waals surface area contributed by atoms with Gasteiger partial charge in [-0.2, -0.15) is 0 Å². The number of ether oxygens (including phenoxy) is 1. The minimum atomic E-state index is -0.527. The Morgan fingerprint density at radius 2 is 2.07 bits per heavy atom. The first-order valence-electron chi connectivity index (χ1n) is 10.6. The highest BCUT2D eigenvalue weighted by Gasteiger charge is 2.50. The van der Waals surface area contributed by atoms with Gasteiger partial charge in [0.05, 0.1) is 24.9 Å². The van der Waals surface area contributed by atoms with E-state index in [4.69, 9.17) is 4.74 Å². The molecule has 2 fully saturated rings. The van der Waals surface area contributed by atoms with E-state index < -0.39 is 12.2 Å². The van der Waals surface area contributed by atoms with Crippen LogP contribution in [0.3, 0.4) is 0 Å². The summed E-state index contributed by atoms with van der Waals surface area (Å²) in [4.78, 5) is 0. The van der Waals surface area contributed by atoms with Crippen LogP contribution in [0.25, 0.3) is 0 Å². The summed E-state index contributed by atoms with van der Waals surface area (Å²) in [5.74, 6) is 2.06. The van der Waals surface area contributed by atoms with E-state index in [0.717, 1.165) is 17.1 Å². The molecule has 1 aliphatic heterocycles. The third kappa shape index (κ3) is 3.60. The molecule has 1 heterocycles. The van der Waals surface area contributed by atoms with Crippen molar-refractivity contribution in [3.63, 3.8) is 0 Å². The molecule has 0 aromatic heterocycles. The number of rotatable bonds is 3. The molecular weight excluding hydrogens is 451 g/mol. The summed E-state index contributed by atoms with van der Waals surface area (Å²) in [5.41, 5.74) is 4.15. The first-order valence-corrected chi connectivity index (χ1v) is 11.9. The van der Waals surface area contributed by atoms with Crippen LogP contribution in [-0.2, 0) is 4.74 Å². The molecule has 0 bridgehead atoms. The van der Waals surface area contributed by atoms with E-state index in [2.05, 4.69) is 52.7 Å². The highest BCUT2D eigenvalue weighted by atomic mass is 127. The number of allylic oxidation sites excluding steroid dienone is 2. The summed E-state index contributed by atoms with van der Waals surface area (Å²) in [7, 11) is 0. The second-order valence-electron chi connectivity index (χ2n) is 9.41. The molecule has 2 N–H and O–H groups in total. The molecule has 4 rings (SSSR count). The van der Waals surface area contributed by atoms with Crippen LogP contribution >= 0.6 is 22.6 Å². The normalized spacial score (nSPS) is 44.8. The Labute approximate surface area is 177 Å². The first kappa shape index (κ1) is 20.1. The van der Waals surface area contributed by atoms with Crippen LogP contribution in [-0.4, -0.2) is 35.1 Å². The van der Waals surface area contributed by atoms with Crippen LogP contribution in [0.15, 0.2) is 33.0 Å². The average Bonchev–Trinajstić information content (AvgIpc) is 3.17. The third-order valence-corrected chi connectivity index (χ3v) is 8.36. The molecule has 27 heavy (non-hydrogen) atoms. The molecule has 0 radical (unpaired) electrons. The van der Waals surface area contributed by atoms with Crippen LogP contribution < -0.4 is 0 Å². The number of aliphatic hydroxyl groups excluding tert-OH is 2. The fourth-order valence-electron chi connectivity index (χ4n) is 6.59. The minimum Gasteiger partial charge on any atom is -0.393 e. The monoisotopic (exact) mass is 484 g/mol. The van der Waals surface area contributed by atoms with Gasteiger partial charge in [0.25, 0.3) is 0 Å². The zero-order valence-electron chi connectivity index (χ0n) is 16.5. The summed E-state index contributed by atoms with van der Waals surface area (Å²) < 4.78 is 8.26. The van der Waals surface area contributed by atoms with Crippen molar-refractivity contribution in [2.24, 2.45) is 23.2 Å². The summed E-state index contributed by atoms with van der Waals surface area (Å²) in [6.07, 6.45) is 11.2. The summed E-state index contributed by atoms with van der Waals surface area (Å²) >= 11 is 2.34. The lowest BCUT2D eigenvalue weighted by Crippen LogP contribution is -2.36. The number of hydrogen-bond donors (Lipinski definition) is 2. The highest BCUT2D eigenvalue weighted by Crippen LogP contribution is 2.59. The van der Waals surface area contributed by atoms with Crippen molar-refractivity contribution in [3.05, 3.63) is 33.0 Å². The molecule has 0 amide bonds. The fraction of sp³-hybridized carbons (Fsp3) is 0.739. The van der Waals surface area contributed by atoms with Crippen molar-refractivity contribution in [3.8, 4) is 0 Å². The lowest BCUT2D eigenvalue weighted by atomic mass is 9.61. The number of hydrogen-bond acceptors (Lipinski definition) is 3.